The lowest BCUT2D eigenvalue weighted by atomic mass is 10.0. The maximum absolute atomic E-state index is 13.2. The Morgan fingerprint density at radius 2 is 1.79 bits per heavy atom. The molecule has 24 heavy (non-hydrogen) atoms. The molecule has 4 nitrogen and oxygen atoms in total. The number of benzene rings is 2. The standard InChI is InChI=1S/C18H16FNO3S/c1-23-12-18(11-20)16(13-7-9-14(19)10-8-13)17(18)24(21,22)15-5-3-2-4-6-15/h2-10,16-17H,12H2,1H3/t16-,17+,18+/m1/s1. The average Bonchev–Trinajstić information content (AvgIpc) is 3.26. The van der Waals surface area contributed by atoms with E-state index in [1.807, 2.05) is 0 Å². The summed E-state index contributed by atoms with van der Waals surface area (Å²) >= 11 is 0. The Morgan fingerprint density at radius 3 is 2.33 bits per heavy atom. The van der Waals surface area contributed by atoms with Crippen molar-refractivity contribution >= 4 is 9.84 Å². The fourth-order valence-electron chi connectivity index (χ4n) is 3.34. The van der Waals surface area contributed by atoms with Crippen LogP contribution in [0, 0.1) is 22.6 Å². The fourth-order valence-corrected chi connectivity index (χ4v) is 5.67. The van der Waals surface area contributed by atoms with Crippen molar-refractivity contribution in [3.8, 4) is 6.07 Å². The van der Waals surface area contributed by atoms with Gasteiger partial charge in [-0.15, -0.1) is 0 Å². The molecule has 1 aliphatic carbocycles. The lowest BCUT2D eigenvalue weighted by molar-refractivity contribution is 0.162. The van der Waals surface area contributed by atoms with Crippen molar-refractivity contribution in [1.82, 2.24) is 0 Å². The summed E-state index contributed by atoms with van der Waals surface area (Å²) in [7, 11) is -2.28. The second kappa shape index (κ2) is 6.00. The van der Waals surface area contributed by atoms with Gasteiger partial charge in [0, 0.05) is 13.0 Å². The van der Waals surface area contributed by atoms with E-state index in [1.165, 1.54) is 43.5 Å². The minimum atomic E-state index is -3.71. The van der Waals surface area contributed by atoms with Crippen LogP contribution in [0.25, 0.3) is 0 Å². The number of ether oxygens (including phenoxy) is 1. The first-order chi connectivity index (χ1) is 11.5. The highest BCUT2D eigenvalue weighted by Crippen LogP contribution is 2.63. The van der Waals surface area contributed by atoms with Gasteiger partial charge < -0.3 is 4.74 Å². The first-order valence-electron chi connectivity index (χ1n) is 7.42. The van der Waals surface area contributed by atoms with E-state index in [-0.39, 0.29) is 11.5 Å². The third-order valence-electron chi connectivity index (χ3n) is 4.48. The fraction of sp³-hybridized carbons (Fsp3) is 0.278. The van der Waals surface area contributed by atoms with Crippen LogP contribution in [0.3, 0.4) is 0 Å². The summed E-state index contributed by atoms with van der Waals surface area (Å²) in [5, 5.41) is 8.77. The average molecular weight is 345 g/mol. The van der Waals surface area contributed by atoms with Crippen LogP contribution in [0.4, 0.5) is 4.39 Å². The molecule has 0 aromatic heterocycles. The molecule has 3 rings (SSSR count). The molecule has 3 atom stereocenters. The molecule has 0 N–H and O–H groups in total. The minimum absolute atomic E-state index is 0.00226. The van der Waals surface area contributed by atoms with Crippen LogP contribution in [0.1, 0.15) is 11.5 Å². The molecule has 0 amide bonds. The maximum atomic E-state index is 13.2. The molecule has 0 aliphatic heterocycles. The quantitative estimate of drug-likeness (QED) is 0.836. The summed E-state index contributed by atoms with van der Waals surface area (Å²) in [5.74, 6) is -0.954. The highest BCUT2D eigenvalue weighted by atomic mass is 32.2. The van der Waals surface area contributed by atoms with E-state index in [1.54, 1.807) is 18.2 Å². The van der Waals surface area contributed by atoms with E-state index in [9.17, 15) is 18.1 Å². The van der Waals surface area contributed by atoms with Gasteiger partial charge in [-0.1, -0.05) is 30.3 Å². The predicted molar refractivity (Wildman–Crippen MR) is 86.5 cm³/mol. The Hall–Kier alpha value is -2.23. The van der Waals surface area contributed by atoms with Crippen LogP contribution in [0.15, 0.2) is 59.5 Å². The largest absolute Gasteiger partial charge is 0.383 e. The number of nitriles is 1. The van der Waals surface area contributed by atoms with Crippen molar-refractivity contribution in [2.45, 2.75) is 16.1 Å². The van der Waals surface area contributed by atoms with E-state index in [0.717, 1.165) is 0 Å². The molecule has 6 heteroatoms. The summed E-state index contributed by atoms with van der Waals surface area (Å²) in [4.78, 5) is 0.176. The molecule has 1 fully saturated rings. The molecule has 0 saturated heterocycles. The van der Waals surface area contributed by atoms with Crippen LogP contribution in [-0.2, 0) is 14.6 Å². The van der Waals surface area contributed by atoms with Crippen LogP contribution < -0.4 is 0 Å². The molecule has 0 unspecified atom stereocenters. The van der Waals surface area contributed by atoms with Gasteiger partial charge >= 0.3 is 0 Å². The number of halogens is 1. The summed E-state index contributed by atoms with van der Waals surface area (Å²) in [6.45, 7) is 0.00226. The third kappa shape index (κ3) is 2.50. The number of hydrogen-bond donors (Lipinski definition) is 0. The molecular weight excluding hydrogens is 329 g/mol. The van der Waals surface area contributed by atoms with Gasteiger partial charge in [-0.05, 0) is 29.8 Å². The Balaban J connectivity index is 2.08. The normalized spacial score (nSPS) is 25.9. The minimum Gasteiger partial charge on any atom is -0.383 e. The molecule has 0 radical (unpaired) electrons. The van der Waals surface area contributed by atoms with Gasteiger partial charge in [-0.25, -0.2) is 12.8 Å². The molecule has 0 heterocycles. The second-order valence-electron chi connectivity index (χ2n) is 5.89. The molecule has 0 spiro atoms. The van der Waals surface area contributed by atoms with Gasteiger partial charge in [-0.2, -0.15) is 5.26 Å². The van der Waals surface area contributed by atoms with Crippen molar-refractivity contribution in [3.63, 3.8) is 0 Å². The molecule has 1 aliphatic rings. The zero-order chi connectivity index (χ0) is 17.4. The van der Waals surface area contributed by atoms with Gasteiger partial charge in [0.1, 0.15) is 11.2 Å². The molecule has 124 valence electrons. The molecule has 2 aromatic rings. The van der Waals surface area contributed by atoms with E-state index in [2.05, 4.69) is 6.07 Å². The summed E-state index contributed by atoms with van der Waals surface area (Å²) in [6.07, 6.45) is 0. The van der Waals surface area contributed by atoms with E-state index in [0.29, 0.717) is 5.56 Å². The summed E-state index contributed by atoms with van der Waals surface area (Å²) < 4.78 is 44.3. The lowest BCUT2D eigenvalue weighted by Crippen LogP contribution is -2.19. The Labute approximate surface area is 140 Å². The SMILES string of the molecule is COC[C@@]1(C#N)[C@H](c2ccc(F)cc2)[C@@H]1S(=O)(=O)c1ccccc1. The van der Waals surface area contributed by atoms with Crippen molar-refractivity contribution in [1.29, 1.82) is 5.26 Å². The number of methoxy groups -OCH3 is 1. The Kier molecular flexibility index (Phi) is 4.16. The van der Waals surface area contributed by atoms with Crippen molar-refractivity contribution in [2.24, 2.45) is 5.41 Å². The summed E-state index contributed by atoms with van der Waals surface area (Å²) in [5.41, 5.74) is -0.541. The van der Waals surface area contributed by atoms with Gasteiger partial charge in [0.05, 0.1) is 22.8 Å². The first kappa shape index (κ1) is 16.6. The van der Waals surface area contributed by atoms with Gasteiger partial charge in [-0.3, -0.25) is 0 Å². The van der Waals surface area contributed by atoms with Crippen molar-refractivity contribution in [2.75, 3.05) is 13.7 Å². The molecular formula is C18H16FNO3S. The lowest BCUT2D eigenvalue weighted by Gasteiger charge is -2.08. The predicted octanol–water partition coefficient (Wildman–Crippen LogP) is 2.92. The first-order valence-corrected chi connectivity index (χ1v) is 8.96. The van der Waals surface area contributed by atoms with Gasteiger partial charge in [0.25, 0.3) is 0 Å². The van der Waals surface area contributed by atoms with Crippen LogP contribution in [0.5, 0.6) is 0 Å². The third-order valence-corrected chi connectivity index (χ3v) is 6.77. The Bertz CT molecular complexity index is 875. The number of rotatable bonds is 5. The van der Waals surface area contributed by atoms with E-state index in [4.69, 9.17) is 4.74 Å². The van der Waals surface area contributed by atoms with E-state index < -0.39 is 32.2 Å². The topological polar surface area (TPSA) is 67.2 Å². The van der Waals surface area contributed by atoms with E-state index >= 15 is 0 Å². The highest BCUT2D eigenvalue weighted by molar-refractivity contribution is 7.92. The molecule has 1 saturated carbocycles. The van der Waals surface area contributed by atoms with Gasteiger partial charge in [0.15, 0.2) is 9.84 Å². The van der Waals surface area contributed by atoms with Crippen LogP contribution in [0.2, 0.25) is 0 Å². The van der Waals surface area contributed by atoms with Crippen LogP contribution >= 0.6 is 0 Å². The van der Waals surface area contributed by atoms with Crippen molar-refractivity contribution < 1.29 is 17.5 Å². The smallest absolute Gasteiger partial charge is 0.183 e. The highest BCUT2D eigenvalue weighted by Gasteiger charge is 2.72. The number of hydrogen-bond acceptors (Lipinski definition) is 4. The monoisotopic (exact) mass is 345 g/mol. The Morgan fingerprint density at radius 1 is 1.17 bits per heavy atom. The van der Waals surface area contributed by atoms with Gasteiger partial charge in [0.2, 0.25) is 0 Å². The molecule has 2 aromatic carbocycles. The zero-order valence-electron chi connectivity index (χ0n) is 13.0. The maximum Gasteiger partial charge on any atom is 0.183 e. The van der Waals surface area contributed by atoms with Crippen LogP contribution in [-0.4, -0.2) is 27.4 Å². The summed E-state index contributed by atoms with van der Waals surface area (Å²) in [6, 6.07) is 15.8. The zero-order valence-corrected chi connectivity index (χ0v) is 13.8. The molecule has 0 bridgehead atoms. The second-order valence-corrected chi connectivity index (χ2v) is 7.96. The number of nitrogens with zero attached hydrogens (tertiary/aromatic N) is 1. The van der Waals surface area contributed by atoms with Crippen molar-refractivity contribution in [3.05, 3.63) is 66.0 Å². The number of sulfone groups is 1.